The Morgan fingerprint density at radius 1 is 1.26 bits per heavy atom. The molecular formula is C15H24N4. The molecular weight excluding hydrogens is 236 g/mol. The van der Waals surface area contributed by atoms with Crippen molar-refractivity contribution in [3.8, 4) is 0 Å². The van der Waals surface area contributed by atoms with Crippen molar-refractivity contribution in [3.05, 3.63) is 17.5 Å². The van der Waals surface area contributed by atoms with Crippen LogP contribution in [0.3, 0.4) is 0 Å². The largest absolute Gasteiger partial charge is 0.341 e. The molecule has 0 amide bonds. The lowest BCUT2D eigenvalue weighted by Crippen LogP contribution is -2.24. The molecule has 1 aliphatic carbocycles. The topological polar surface area (TPSA) is 41.1 Å². The summed E-state index contributed by atoms with van der Waals surface area (Å²) >= 11 is 0. The van der Waals surface area contributed by atoms with Gasteiger partial charge < -0.3 is 10.2 Å². The SMILES string of the molecule is CCNC1CCCCc2nc(N3CCCC3)ncc21. The zero-order valence-electron chi connectivity index (χ0n) is 11.9. The van der Waals surface area contributed by atoms with Crippen LogP contribution >= 0.6 is 0 Å². The van der Waals surface area contributed by atoms with Gasteiger partial charge in [0.2, 0.25) is 5.95 Å². The molecule has 1 unspecified atom stereocenters. The number of hydrogen-bond acceptors (Lipinski definition) is 4. The van der Waals surface area contributed by atoms with E-state index in [1.165, 1.54) is 43.4 Å². The molecule has 1 fully saturated rings. The van der Waals surface area contributed by atoms with E-state index < -0.39 is 0 Å². The van der Waals surface area contributed by atoms with Crippen molar-refractivity contribution in [1.29, 1.82) is 0 Å². The molecule has 104 valence electrons. The van der Waals surface area contributed by atoms with Crippen molar-refractivity contribution < 1.29 is 0 Å². The highest BCUT2D eigenvalue weighted by molar-refractivity contribution is 5.35. The minimum Gasteiger partial charge on any atom is -0.341 e. The van der Waals surface area contributed by atoms with Gasteiger partial charge in [0, 0.05) is 30.9 Å². The zero-order chi connectivity index (χ0) is 13.1. The van der Waals surface area contributed by atoms with E-state index in [0.717, 1.165) is 32.0 Å². The standard InChI is InChI=1S/C15H24N4/c1-2-16-13-7-3-4-8-14-12(13)11-17-15(18-14)19-9-5-6-10-19/h11,13,16H,2-10H2,1H3. The lowest BCUT2D eigenvalue weighted by atomic mass is 10.1. The van der Waals surface area contributed by atoms with Gasteiger partial charge >= 0.3 is 0 Å². The van der Waals surface area contributed by atoms with Gasteiger partial charge in [-0.05, 0) is 38.6 Å². The van der Waals surface area contributed by atoms with Crippen molar-refractivity contribution in [2.24, 2.45) is 0 Å². The van der Waals surface area contributed by atoms with E-state index in [2.05, 4.69) is 28.3 Å². The summed E-state index contributed by atoms with van der Waals surface area (Å²) in [6.07, 6.45) is 9.50. The average molecular weight is 260 g/mol. The van der Waals surface area contributed by atoms with Crippen LogP contribution in [-0.2, 0) is 6.42 Å². The molecule has 2 heterocycles. The van der Waals surface area contributed by atoms with Crippen molar-refractivity contribution in [2.75, 3.05) is 24.5 Å². The Morgan fingerprint density at radius 3 is 2.89 bits per heavy atom. The summed E-state index contributed by atoms with van der Waals surface area (Å²) < 4.78 is 0. The van der Waals surface area contributed by atoms with Gasteiger partial charge in [-0.3, -0.25) is 0 Å². The monoisotopic (exact) mass is 260 g/mol. The molecule has 1 aliphatic heterocycles. The first-order valence-corrected chi connectivity index (χ1v) is 7.72. The number of fused-ring (bicyclic) bond motifs is 1. The van der Waals surface area contributed by atoms with E-state index in [0.29, 0.717) is 6.04 Å². The maximum Gasteiger partial charge on any atom is 0.225 e. The second-order valence-corrected chi connectivity index (χ2v) is 5.62. The summed E-state index contributed by atoms with van der Waals surface area (Å²) in [7, 11) is 0. The molecule has 3 rings (SSSR count). The molecule has 0 spiro atoms. The van der Waals surface area contributed by atoms with E-state index in [-0.39, 0.29) is 0 Å². The van der Waals surface area contributed by atoms with Gasteiger partial charge in [0.15, 0.2) is 0 Å². The van der Waals surface area contributed by atoms with Gasteiger partial charge in [-0.2, -0.15) is 0 Å². The van der Waals surface area contributed by atoms with E-state index in [4.69, 9.17) is 4.98 Å². The predicted octanol–water partition coefficient (Wildman–Crippen LogP) is 2.45. The molecule has 19 heavy (non-hydrogen) atoms. The first-order valence-electron chi connectivity index (χ1n) is 7.72. The highest BCUT2D eigenvalue weighted by Crippen LogP contribution is 2.28. The number of aryl methyl sites for hydroxylation is 1. The fourth-order valence-corrected chi connectivity index (χ4v) is 3.23. The molecule has 0 radical (unpaired) electrons. The van der Waals surface area contributed by atoms with Gasteiger partial charge in [-0.1, -0.05) is 13.3 Å². The molecule has 1 saturated heterocycles. The van der Waals surface area contributed by atoms with E-state index in [9.17, 15) is 0 Å². The van der Waals surface area contributed by atoms with Crippen LogP contribution in [-0.4, -0.2) is 29.6 Å². The Bertz CT molecular complexity index is 426. The average Bonchev–Trinajstić information content (AvgIpc) is 2.89. The van der Waals surface area contributed by atoms with Crippen molar-refractivity contribution >= 4 is 5.95 Å². The maximum absolute atomic E-state index is 4.86. The molecule has 1 aromatic heterocycles. The Kier molecular flexibility index (Phi) is 3.97. The summed E-state index contributed by atoms with van der Waals surface area (Å²) in [5.41, 5.74) is 2.61. The fourth-order valence-electron chi connectivity index (χ4n) is 3.23. The number of rotatable bonds is 3. The first-order chi connectivity index (χ1) is 9.38. The summed E-state index contributed by atoms with van der Waals surface area (Å²) in [4.78, 5) is 11.8. The second-order valence-electron chi connectivity index (χ2n) is 5.62. The van der Waals surface area contributed by atoms with Crippen LogP contribution in [0.2, 0.25) is 0 Å². The van der Waals surface area contributed by atoms with Crippen LogP contribution in [0.4, 0.5) is 5.95 Å². The summed E-state index contributed by atoms with van der Waals surface area (Å²) in [6, 6.07) is 0.454. The Morgan fingerprint density at radius 2 is 2.11 bits per heavy atom. The van der Waals surface area contributed by atoms with Gasteiger partial charge in [-0.15, -0.1) is 0 Å². The lowest BCUT2D eigenvalue weighted by molar-refractivity contribution is 0.502. The summed E-state index contributed by atoms with van der Waals surface area (Å²) in [5, 5.41) is 3.58. The van der Waals surface area contributed by atoms with Gasteiger partial charge in [0.25, 0.3) is 0 Å². The lowest BCUT2D eigenvalue weighted by Gasteiger charge is -2.20. The third-order valence-corrected chi connectivity index (χ3v) is 4.26. The Hall–Kier alpha value is -1.16. The second kappa shape index (κ2) is 5.87. The van der Waals surface area contributed by atoms with Crippen molar-refractivity contribution in [2.45, 2.75) is 51.5 Å². The summed E-state index contributed by atoms with van der Waals surface area (Å²) in [5.74, 6) is 0.952. The van der Waals surface area contributed by atoms with Gasteiger partial charge in [0.05, 0.1) is 5.69 Å². The van der Waals surface area contributed by atoms with Crippen LogP contribution in [0.25, 0.3) is 0 Å². The van der Waals surface area contributed by atoms with Crippen molar-refractivity contribution in [3.63, 3.8) is 0 Å². The molecule has 2 aliphatic rings. The Balaban J connectivity index is 1.87. The predicted molar refractivity (Wildman–Crippen MR) is 77.5 cm³/mol. The van der Waals surface area contributed by atoms with E-state index in [1.54, 1.807) is 0 Å². The molecule has 0 bridgehead atoms. The number of hydrogen-bond donors (Lipinski definition) is 1. The van der Waals surface area contributed by atoms with E-state index >= 15 is 0 Å². The normalized spacial score (nSPS) is 23.2. The van der Waals surface area contributed by atoms with Crippen LogP contribution < -0.4 is 10.2 Å². The highest BCUT2D eigenvalue weighted by atomic mass is 15.3. The molecule has 4 nitrogen and oxygen atoms in total. The summed E-state index contributed by atoms with van der Waals surface area (Å²) in [6.45, 7) is 5.42. The number of nitrogens with zero attached hydrogens (tertiary/aromatic N) is 3. The zero-order valence-corrected chi connectivity index (χ0v) is 11.9. The molecule has 0 aromatic carbocycles. The quantitative estimate of drug-likeness (QED) is 0.848. The van der Waals surface area contributed by atoms with Gasteiger partial charge in [0.1, 0.15) is 0 Å². The third kappa shape index (κ3) is 2.73. The molecule has 0 saturated carbocycles. The molecule has 4 heteroatoms. The fraction of sp³-hybridized carbons (Fsp3) is 0.733. The number of nitrogens with one attached hydrogen (secondary N) is 1. The number of anilines is 1. The number of aromatic nitrogens is 2. The minimum absolute atomic E-state index is 0.454. The van der Waals surface area contributed by atoms with Crippen LogP contribution in [0.5, 0.6) is 0 Å². The minimum atomic E-state index is 0.454. The van der Waals surface area contributed by atoms with Crippen LogP contribution in [0.15, 0.2) is 6.20 Å². The molecule has 1 N–H and O–H groups in total. The van der Waals surface area contributed by atoms with Gasteiger partial charge in [-0.25, -0.2) is 9.97 Å². The van der Waals surface area contributed by atoms with Crippen LogP contribution in [0, 0.1) is 0 Å². The van der Waals surface area contributed by atoms with Crippen LogP contribution in [0.1, 0.15) is 56.3 Å². The molecule has 1 aromatic rings. The first kappa shape index (κ1) is 12.9. The maximum atomic E-state index is 4.86. The van der Waals surface area contributed by atoms with Crippen molar-refractivity contribution in [1.82, 2.24) is 15.3 Å². The third-order valence-electron chi connectivity index (χ3n) is 4.26. The smallest absolute Gasteiger partial charge is 0.225 e. The van der Waals surface area contributed by atoms with E-state index in [1.807, 2.05) is 0 Å². The highest BCUT2D eigenvalue weighted by Gasteiger charge is 2.22. The Labute approximate surface area is 115 Å². The molecule has 1 atom stereocenters.